The normalized spacial score (nSPS) is 18.4. The van der Waals surface area contributed by atoms with Crippen molar-refractivity contribution in [3.05, 3.63) is 28.2 Å². The molecular formula is C15H19BrN2O3. The first-order valence-corrected chi connectivity index (χ1v) is 7.82. The molecule has 1 aromatic carbocycles. The summed E-state index contributed by atoms with van der Waals surface area (Å²) in [5, 5.41) is 11.8. The van der Waals surface area contributed by atoms with Gasteiger partial charge in [-0.2, -0.15) is 0 Å². The minimum absolute atomic E-state index is 0.00247. The Morgan fingerprint density at radius 3 is 2.86 bits per heavy atom. The SMILES string of the molecule is Cc1ccc(NC(=O)N2CCCCC2CC(=O)O)c(Br)c1. The summed E-state index contributed by atoms with van der Waals surface area (Å²) >= 11 is 3.43. The molecule has 2 amide bonds. The summed E-state index contributed by atoms with van der Waals surface area (Å²) in [4.78, 5) is 25.0. The van der Waals surface area contributed by atoms with E-state index in [9.17, 15) is 9.59 Å². The molecule has 0 aliphatic carbocycles. The fourth-order valence-electron chi connectivity index (χ4n) is 2.59. The number of rotatable bonds is 3. The Bertz CT molecular complexity index is 548. The van der Waals surface area contributed by atoms with Gasteiger partial charge in [0.1, 0.15) is 0 Å². The van der Waals surface area contributed by atoms with Crippen molar-refractivity contribution in [2.75, 3.05) is 11.9 Å². The molecule has 1 unspecified atom stereocenters. The number of amides is 2. The number of likely N-dealkylation sites (tertiary alicyclic amines) is 1. The molecule has 0 saturated carbocycles. The fraction of sp³-hybridized carbons (Fsp3) is 0.467. The molecule has 1 saturated heterocycles. The van der Waals surface area contributed by atoms with Crippen LogP contribution < -0.4 is 5.32 Å². The van der Waals surface area contributed by atoms with Gasteiger partial charge in [0.2, 0.25) is 0 Å². The molecule has 0 bridgehead atoms. The molecule has 2 rings (SSSR count). The van der Waals surface area contributed by atoms with Crippen molar-refractivity contribution < 1.29 is 14.7 Å². The van der Waals surface area contributed by atoms with Crippen LogP contribution in [0.1, 0.15) is 31.2 Å². The molecule has 0 spiro atoms. The topological polar surface area (TPSA) is 69.6 Å². The summed E-state index contributed by atoms with van der Waals surface area (Å²) in [7, 11) is 0. The number of hydrogen-bond donors (Lipinski definition) is 2. The number of carboxylic acids is 1. The molecule has 5 nitrogen and oxygen atoms in total. The maximum atomic E-state index is 12.4. The highest BCUT2D eigenvalue weighted by molar-refractivity contribution is 9.10. The number of carbonyl (C=O) groups excluding carboxylic acids is 1. The largest absolute Gasteiger partial charge is 0.481 e. The molecule has 1 aliphatic rings. The molecule has 1 aromatic rings. The lowest BCUT2D eigenvalue weighted by atomic mass is 10.00. The van der Waals surface area contributed by atoms with Crippen molar-refractivity contribution in [1.82, 2.24) is 4.90 Å². The lowest BCUT2D eigenvalue weighted by Crippen LogP contribution is -2.46. The van der Waals surface area contributed by atoms with Gasteiger partial charge in [-0.25, -0.2) is 4.79 Å². The van der Waals surface area contributed by atoms with Gasteiger partial charge in [0, 0.05) is 17.1 Å². The number of nitrogens with one attached hydrogen (secondary N) is 1. The van der Waals surface area contributed by atoms with Crippen molar-refractivity contribution in [2.24, 2.45) is 0 Å². The zero-order chi connectivity index (χ0) is 15.4. The van der Waals surface area contributed by atoms with Crippen LogP contribution in [-0.4, -0.2) is 34.6 Å². The summed E-state index contributed by atoms with van der Waals surface area (Å²) < 4.78 is 0.822. The number of aryl methyl sites for hydroxylation is 1. The third-order valence-electron chi connectivity index (χ3n) is 3.66. The van der Waals surface area contributed by atoms with Gasteiger partial charge in [-0.15, -0.1) is 0 Å². The second-order valence-corrected chi connectivity index (χ2v) is 6.21. The average Bonchev–Trinajstić information content (AvgIpc) is 2.42. The van der Waals surface area contributed by atoms with Crippen molar-refractivity contribution in [2.45, 2.75) is 38.6 Å². The minimum Gasteiger partial charge on any atom is -0.481 e. The second-order valence-electron chi connectivity index (χ2n) is 5.35. The van der Waals surface area contributed by atoms with Gasteiger partial charge in [-0.05, 0) is 59.8 Å². The van der Waals surface area contributed by atoms with E-state index in [1.807, 2.05) is 25.1 Å². The number of halogens is 1. The number of piperidine rings is 1. The van der Waals surface area contributed by atoms with Crippen LogP contribution in [-0.2, 0) is 4.79 Å². The monoisotopic (exact) mass is 354 g/mol. The van der Waals surface area contributed by atoms with Gasteiger partial charge in [-0.3, -0.25) is 4.79 Å². The summed E-state index contributed by atoms with van der Waals surface area (Å²) in [6, 6.07) is 5.24. The zero-order valence-corrected chi connectivity index (χ0v) is 13.5. The smallest absolute Gasteiger partial charge is 0.322 e. The lowest BCUT2D eigenvalue weighted by Gasteiger charge is -2.35. The van der Waals surface area contributed by atoms with Crippen molar-refractivity contribution >= 4 is 33.6 Å². The molecule has 2 N–H and O–H groups in total. The Labute approximate surface area is 132 Å². The van der Waals surface area contributed by atoms with Crippen molar-refractivity contribution in [3.8, 4) is 0 Å². The number of anilines is 1. The highest BCUT2D eigenvalue weighted by Gasteiger charge is 2.28. The van der Waals surface area contributed by atoms with Gasteiger partial charge in [-0.1, -0.05) is 6.07 Å². The molecule has 0 radical (unpaired) electrons. The fourth-order valence-corrected chi connectivity index (χ4v) is 3.18. The van der Waals surface area contributed by atoms with E-state index in [-0.39, 0.29) is 18.5 Å². The first-order chi connectivity index (χ1) is 9.97. The number of aliphatic carboxylic acids is 1. The first kappa shape index (κ1) is 15.8. The highest BCUT2D eigenvalue weighted by atomic mass is 79.9. The highest BCUT2D eigenvalue weighted by Crippen LogP contribution is 2.25. The van der Waals surface area contributed by atoms with Crippen LogP contribution in [0.5, 0.6) is 0 Å². The van der Waals surface area contributed by atoms with Gasteiger partial charge < -0.3 is 15.3 Å². The van der Waals surface area contributed by atoms with Crippen LogP contribution in [0.2, 0.25) is 0 Å². The second kappa shape index (κ2) is 6.93. The van der Waals surface area contributed by atoms with Crippen LogP contribution in [0.25, 0.3) is 0 Å². The summed E-state index contributed by atoms with van der Waals surface area (Å²) in [5.74, 6) is -0.865. The number of nitrogens with zero attached hydrogens (tertiary/aromatic N) is 1. The first-order valence-electron chi connectivity index (χ1n) is 7.03. The van der Waals surface area contributed by atoms with Crippen LogP contribution in [0.15, 0.2) is 22.7 Å². The predicted molar refractivity (Wildman–Crippen MR) is 84.5 cm³/mol. The zero-order valence-electron chi connectivity index (χ0n) is 11.9. The number of benzene rings is 1. The molecule has 21 heavy (non-hydrogen) atoms. The summed E-state index contributed by atoms with van der Waals surface area (Å²) in [5.41, 5.74) is 1.80. The van der Waals surface area contributed by atoms with Gasteiger partial charge >= 0.3 is 12.0 Å². The number of urea groups is 1. The van der Waals surface area contributed by atoms with E-state index in [2.05, 4.69) is 21.2 Å². The van der Waals surface area contributed by atoms with E-state index in [4.69, 9.17) is 5.11 Å². The van der Waals surface area contributed by atoms with Crippen LogP contribution in [0, 0.1) is 6.92 Å². The van der Waals surface area contributed by atoms with E-state index in [1.165, 1.54) is 0 Å². The third kappa shape index (κ3) is 4.20. The van der Waals surface area contributed by atoms with Gasteiger partial charge in [0.05, 0.1) is 12.1 Å². The van der Waals surface area contributed by atoms with Crippen LogP contribution in [0.4, 0.5) is 10.5 Å². The standard InChI is InChI=1S/C15H19BrN2O3/c1-10-5-6-13(12(16)8-10)17-15(21)18-7-3-2-4-11(18)9-14(19)20/h5-6,8,11H,2-4,7,9H2,1H3,(H,17,21)(H,19,20). The lowest BCUT2D eigenvalue weighted by molar-refractivity contribution is -0.138. The van der Waals surface area contributed by atoms with E-state index < -0.39 is 5.97 Å². The van der Waals surface area contributed by atoms with Crippen LogP contribution >= 0.6 is 15.9 Å². The van der Waals surface area contributed by atoms with Crippen molar-refractivity contribution in [3.63, 3.8) is 0 Å². The molecule has 0 aromatic heterocycles. The third-order valence-corrected chi connectivity index (χ3v) is 4.32. The maximum Gasteiger partial charge on any atom is 0.322 e. The summed E-state index contributed by atoms with van der Waals surface area (Å²) in [6.45, 7) is 2.58. The maximum absolute atomic E-state index is 12.4. The Kier molecular flexibility index (Phi) is 5.22. The molecule has 1 fully saturated rings. The van der Waals surface area contributed by atoms with E-state index in [0.29, 0.717) is 12.2 Å². The minimum atomic E-state index is -0.865. The Balaban J connectivity index is 2.08. The molecule has 1 atom stereocenters. The van der Waals surface area contributed by atoms with E-state index >= 15 is 0 Å². The number of carbonyl (C=O) groups is 2. The number of carboxylic acid groups (broad SMARTS) is 1. The van der Waals surface area contributed by atoms with Crippen molar-refractivity contribution in [1.29, 1.82) is 0 Å². The molecule has 114 valence electrons. The van der Waals surface area contributed by atoms with E-state index in [1.54, 1.807) is 4.90 Å². The molecule has 1 heterocycles. The number of hydrogen-bond acceptors (Lipinski definition) is 2. The average molecular weight is 355 g/mol. The van der Waals surface area contributed by atoms with Gasteiger partial charge in [0.15, 0.2) is 0 Å². The molecule has 1 aliphatic heterocycles. The quantitative estimate of drug-likeness (QED) is 0.870. The van der Waals surface area contributed by atoms with E-state index in [0.717, 1.165) is 29.3 Å². The predicted octanol–water partition coefficient (Wildman–Crippen LogP) is 3.62. The Morgan fingerprint density at radius 2 is 2.19 bits per heavy atom. The van der Waals surface area contributed by atoms with Crippen LogP contribution in [0.3, 0.4) is 0 Å². The summed E-state index contributed by atoms with van der Waals surface area (Å²) in [6.07, 6.45) is 2.63. The Hall–Kier alpha value is -1.56. The molecular weight excluding hydrogens is 336 g/mol. The molecule has 6 heteroatoms. The van der Waals surface area contributed by atoms with Gasteiger partial charge in [0.25, 0.3) is 0 Å². The Morgan fingerprint density at radius 1 is 1.43 bits per heavy atom.